The lowest BCUT2D eigenvalue weighted by atomic mass is 9.86. The third-order valence-corrected chi connectivity index (χ3v) is 7.46. The van der Waals surface area contributed by atoms with Crippen molar-refractivity contribution in [2.24, 2.45) is 5.73 Å². The zero-order valence-corrected chi connectivity index (χ0v) is 22.7. The number of anilines is 2. The van der Waals surface area contributed by atoms with Crippen LogP contribution >= 0.6 is 11.3 Å². The number of hydrogen-bond donors (Lipinski definition) is 4. The summed E-state index contributed by atoms with van der Waals surface area (Å²) in [5.74, 6) is -0.681. The number of nitrogens with one attached hydrogen (secondary N) is 2. The van der Waals surface area contributed by atoms with Crippen molar-refractivity contribution in [3.63, 3.8) is 0 Å². The molecule has 198 valence electrons. The molecule has 0 unspecified atom stereocenters. The van der Waals surface area contributed by atoms with Crippen molar-refractivity contribution in [2.75, 3.05) is 17.6 Å². The summed E-state index contributed by atoms with van der Waals surface area (Å²) in [5, 5.41) is 7.75. The Bertz CT molecular complexity index is 1710. The third-order valence-electron chi connectivity index (χ3n) is 6.42. The summed E-state index contributed by atoms with van der Waals surface area (Å²) in [6, 6.07) is 16.9. The molecular weight excluding hydrogens is 510 g/mol. The Morgan fingerprint density at radius 2 is 1.77 bits per heavy atom. The van der Waals surface area contributed by atoms with Gasteiger partial charge >= 0.3 is 0 Å². The normalized spacial score (nSPS) is 12.4. The molecule has 9 nitrogen and oxygen atoms in total. The molecule has 0 bridgehead atoms. The number of nitrogens with zero attached hydrogens (tertiary/aromatic N) is 3. The number of pyridine rings is 1. The smallest absolute Gasteiger partial charge is 0.278 e. The van der Waals surface area contributed by atoms with Crippen LogP contribution in [0.4, 0.5) is 11.5 Å². The fourth-order valence-electron chi connectivity index (χ4n) is 4.27. The Morgan fingerprint density at radius 1 is 0.974 bits per heavy atom. The van der Waals surface area contributed by atoms with Crippen LogP contribution in [-0.2, 0) is 5.41 Å². The molecule has 0 aliphatic rings. The largest absolute Gasteiger partial charge is 0.382 e. The van der Waals surface area contributed by atoms with Gasteiger partial charge in [0.1, 0.15) is 4.83 Å². The minimum atomic E-state index is -0.481. The molecule has 5 rings (SSSR count). The van der Waals surface area contributed by atoms with Gasteiger partial charge in [-0.05, 0) is 52.9 Å². The highest BCUT2D eigenvalue weighted by molar-refractivity contribution is 7.20. The first-order valence-electron chi connectivity index (χ1n) is 12.5. The molecular formula is C29H29N7O2S. The summed E-state index contributed by atoms with van der Waals surface area (Å²) in [6.45, 7) is 6.71. The van der Waals surface area contributed by atoms with E-state index in [1.807, 2.05) is 18.2 Å². The highest BCUT2D eigenvalue weighted by atomic mass is 32.1. The van der Waals surface area contributed by atoms with Crippen LogP contribution in [-0.4, -0.2) is 33.3 Å². The third kappa shape index (κ3) is 5.57. The number of thiophene rings is 1. The summed E-state index contributed by atoms with van der Waals surface area (Å²) in [5.41, 5.74) is 15.3. The molecule has 0 fully saturated rings. The Balaban J connectivity index is 1.35. The molecule has 3 aromatic heterocycles. The lowest BCUT2D eigenvalue weighted by Gasteiger charge is -2.19. The highest BCUT2D eigenvalue weighted by Crippen LogP contribution is 2.31. The van der Waals surface area contributed by atoms with Gasteiger partial charge in [-0.15, -0.1) is 11.3 Å². The Kier molecular flexibility index (Phi) is 6.98. The summed E-state index contributed by atoms with van der Waals surface area (Å²) >= 11 is 1.34. The van der Waals surface area contributed by atoms with Gasteiger partial charge in [0.25, 0.3) is 11.8 Å². The fourth-order valence-corrected chi connectivity index (χ4v) is 5.19. The maximum absolute atomic E-state index is 13.2. The Labute approximate surface area is 229 Å². The van der Waals surface area contributed by atoms with Crippen molar-refractivity contribution < 1.29 is 9.59 Å². The number of hydrogen-bond acceptors (Lipinski definition) is 8. The molecule has 0 saturated carbocycles. The van der Waals surface area contributed by atoms with Gasteiger partial charge in [0.2, 0.25) is 0 Å². The summed E-state index contributed by atoms with van der Waals surface area (Å²) in [7, 11) is 0. The Hall–Kier alpha value is -4.41. The van der Waals surface area contributed by atoms with Gasteiger partial charge in [-0.1, -0.05) is 39.0 Å². The molecule has 0 radical (unpaired) electrons. The van der Waals surface area contributed by atoms with E-state index in [9.17, 15) is 9.59 Å². The van der Waals surface area contributed by atoms with Gasteiger partial charge in [-0.3, -0.25) is 9.59 Å². The van der Waals surface area contributed by atoms with Crippen LogP contribution in [0.5, 0.6) is 0 Å². The van der Waals surface area contributed by atoms with Gasteiger partial charge in [-0.25, -0.2) is 15.0 Å². The maximum atomic E-state index is 13.2. The van der Waals surface area contributed by atoms with Crippen LogP contribution in [0.2, 0.25) is 0 Å². The lowest BCUT2D eigenvalue weighted by molar-refractivity contribution is 0.0941. The maximum Gasteiger partial charge on any atom is 0.278 e. The first-order chi connectivity index (χ1) is 18.6. The van der Waals surface area contributed by atoms with Crippen LogP contribution < -0.4 is 22.1 Å². The highest BCUT2D eigenvalue weighted by Gasteiger charge is 2.19. The van der Waals surface area contributed by atoms with Crippen molar-refractivity contribution >= 4 is 55.8 Å². The number of nitrogen functional groups attached to an aromatic ring is 1. The first kappa shape index (κ1) is 26.2. The number of carbonyl (C=O) groups excluding carboxylic acids is 2. The van der Waals surface area contributed by atoms with E-state index in [1.54, 1.807) is 18.2 Å². The van der Waals surface area contributed by atoms with E-state index in [4.69, 9.17) is 16.5 Å². The van der Waals surface area contributed by atoms with Crippen molar-refractivity contribution in [2.45, 2.75) is 32.2 Å². The SMILES string of the molecule is CC(C)(C)c1ccc2nc3sc(C(=O)N[C@@H](CN)c4cccc(NC(=O)c5nccnc5N)c4)cc3cc2c1. The van der Waals surface area contributed by atoms with Crippen LogP contribution in [0.3, 0.4) is 0 Å². The molecule has 2 amide bonds. The van der Waals surface area contributed by atoms with Crippen molar-refractivity contribution in [3.05, 3.63) is 88.7 Å². The molecule has 10 heteroatoms. The minimum Gasteiger partial charge on any atom is -0.382 e. The second-order valence-corrected chi connectivity index (χ2v) is 11.3. The van der Waals surface area contributed by atoms with Crippen LogP contribution in [0.1, 0.15) is 58.1 Å². The van der Waals surface area contributed by atoms with E-state index in [0.717, 1.165) is 26.7 Å². The van der Waals surface area contributed by atoms with E-state index in [-0.39, 0.29) is 29.4 Å². The molecule has 0 saturated heterocycles. The molecule has 39 heavy (non-hydrogen) atoms. The van der Waals surface area contributed by atoms with Crippen molar-refractivity contribution in [1.29, 1.82) is 0 Å². The number of rotatable bonds is 6. The summed E-state index contributed by atoms with van der Waals surface area (Å²) in [4.78, 5) is 39.9. The lowest BCUT2D eigenvalue weighted by Crippen LogP contribution is -2.33. The van der Waals surface area contributed by atoms with Gasteiger partial charge in [-0.2, -0.15) is 0 Å². The molecule has 5 aromatic rings. The average Bonchev–Trinajstić information content (AvgIpc) is 3.32. The predicted molar refractivity (Wildman–Crippen MR) is 156 cm³/mol. The van der Waals surface area contributed by atoms with Gasteiger partial charge < -0.3 is 22.1 Å². The number of benzene rings is 2. The van der Waals surface area contributed by atoms with Crippen LogP contribution in [0, 0.1) is 0 Å². The average molecular weight is 540 g/mol. The molecule has 3 heterocycles. The fraction of sp³-hybridized carbons (Fsp3) is 0.207. The monoisotopic (exact) mass is 539 g/mol. The van der Waals surface area contributed by atoms with E-state index < -0.39 is 11.9 Å². The summed E-state index contributed by atoms with van der Waals surface area (Å²) in [6.07, 6.45) is 2.82. The number of amides is 2. The second kappa shape index (κ2) is 10.4. The van der Waals surface area contributed by atoms with Crippen LogP contribution in [0.25, 0.3) is 21.1 Å². The molecule has 1 atom stereocenters. The number of fused-ring (bicyclic) bond motifs is 2. The molecule has 2 aromatic carbocycles. The quantitative estimate of drug-likeness (QED) is 0.242. The number of nitrogens with two attached hydrogens (primary N) is 2. The zero-order valence-electron chi connectivity index (χ0n) is 21.9. The van der Waals surface area contributed by atoms with E-state index in [2.05, 4.69) is 59.6 Å². The number of aromatic nitrogens is 3. The molecule has 0 aliphatic carbocycles. The number of carbonyl (C=O) groups is 2. The van der Waals surface area contributed by atoms with E-state index in [1.165, 1.54) is 29.3 Å². The Morgan fingerprint density at radius 3 is 2.51 bits per heavy atom. The molecule has 0 aliphatic heterocycles. The van der Waals surface area contributed by atoms with Crippen LogP contribution in [0.15, 0.2) is 67.0 Å². The first-order valence-corrected chi connectivity index (χ1v) is 13.3. The van der Waals surface area contributed by atoms with Gasteiger partial charge in [0.05, 0.1) is 16.4 Å². The standard InChI is InChI=1S/C29H29N7O2S/c1-29(2,3)19-7-8-21-17(12-19)11-18-14-23(39-28(18)36-21)26(37)35-22(15-30)16-5-4-6-20(13-16)34-27(38)24-25(31)33-10-9-32-24/h4-14,22H,15,30H2,1-3H3,(H2,31,33)(H,34,38)(H,35,37)/t22-/m0/s1. The van der Waals surface area contributed by atoms with Gasteiger partial charge in [0.15, 0.2) is 11.5 Å². The second-order valence-electron chi connectivity index (χ2n) is 10.3. The molecule has 6 N–H and O–H groups in total. The molecule has 0 spiro atoms. The zero-order chi connectivity index (χ0) is 27.7. The van der Waals surface area contributed by atoms with Crippen molar-refractivity contribution in [3.8, 4) is 0 Å². The van der Waals surface area contributed by atoms with E-state index in [0.29, 0.717) is 10.6 Å². The van der Waals surface area contributed by atoms with Crippen molar-refractivity contribution in [1.82, 2.24) is 20.3 Å². The predicted octanol–water partition coefficient (Wildman–Crippen LogP) is 4.80. The van der Waals surface area contributed by atoms with E-state index >= 15 is 0 Å². The summed E-state index contributed by atoms with van der Waals surface area (Å²) < 4.78 is 0. The van der Waals surface area contributed by atoms with Gasteiger partial charge in [0, 0.05) is 35.4 Å². The topological polar surface area (TPSA) is 149 Å². The minimum absolute atomic E-state index is 0.0309.